The van der Waals surface area contributed by atoms with Gasteiger partial charge in [0.15, 0.2) is 5.82 Å². The molecule has 3 N–H and O–H groups in total. The molecule has 0 unspecified atom stereocenters. The van der Waals surface area contributed by atoms with Gasteiger partial charge in [0, 0.05) is 23.5 Å². The van der Waals surface area contributed by atoms with Gasteiger partial charge in [-0.05, 0) is 43.5 Å². The molecular formula is C22H23N7O. The number of nitrogens with zero attached hydrogens (tertiary/aromatic N) is 5. The van der Waals surface area contributed by atoms with Crippen LogP contribution in [0.15, 0.2) is 30.5 Å². The maximum Gasteiger partial charge on any atom is 0.158 e. The molecule has 0 spiro atoms. The van der Waals surface area contributed by atoms with Crippen LogP contribution in [0.3, 0.4) is 0 Å². The van der Waals surface area contributed by atoms with Gasteiger partial charge in [-0.1, -0.05) is 12.1 Å². The van der Waals surface area contributed by atoms with Crippen molar-refractivity contribution in [1.82, 2.24) is 15.2 Å². The zero-order valence-electron chi connectivity index (χ0n) is 17.0. The Bertz CT molecular complexity index is 1170. The topological polar surface area (TPSA) is 113 Å². The highest BCUT2D eigenvalue weighted by molar-refractivity contribution is 5.94. The zero-order chi connectivity index (χ0) is 20.8. The van der Waals surface area contributed by atoms with E-state index in [0.29, 0.717) is 23.5 Å². The van der Waals surface area contributed by atoms with Gasteiger partial charge < -0.3 is 20.7 Å². The Labute approximate surface area is 174 Å². The second kappa shape index (κ2) is 7.20. The van der Waals surface area contributed by atoms with Gasteiger partial charge in [0.05, 0.1) is 36.1 Å². The van der Waals surface area contributed by atoms with Gasteiger partial charge in [-0.15, -0.1) is 5.10 Å². The first kappa shape index (κ1) is 18.7. The van der Waals surface area contributed by atoms with Crippen molar-refractivity contribution in [2.75, 3.05) is 23.4 Å². The number of ether oxygens (including phenoxy) is 1. The molecule has 152 valence electrons. The van der Waals surface area contributed by atoms with E-state index >= 15 is 0 Å². The molecule has 3 aromatic rings. The molecular weight excluding hydrogens is 378 g/mol. The lowest BCUT2D eigenvalue weighted by Gasteiger charge is -2.28. The summed E-state index contributed by atoms with van der Waals surface area (Å²) in [5.74, 6) is 1.53. The Morgan fingerprint density at radius 1 is 1.30 bits per heavy atom. The lowest BCUT2D eigenvalue weighted by Crippen LogP contribution is -2.37. The van der Waals surface area contributed by atoms with Crippen LogP contribution >= 0.6 is 0 Å². The second-order valence-electron chi connectivity index (χ2n) is 7.97. The standard InChI is InChI=1S/C22H23N7O/c1-12-14(8-23)4-3-5-17(12)21(24)26-22-18-7-20(25-9-19(18)13(2)27-28-22)29-10-16-6-15(29)11-30-16/h3-5,7,9,15-16,21H,6,10-11,24H2,1-2H3,(H,26,28)/t15-,16-,21+/m1/s1. The number of nitrogens with two attached hydrogens (primary N) is 1. The van der Waals surface area contributed by atoms with Crippen molar-refractivity contribution in [2.24, 2.45) is 5.73 Å². The number of morpholine rings is 1. The Morgan fingerprint density at radius 3 is 2.90 bits per heavy atom. The van der Waals surface area contributed by atoms with Gasteiger partial charge in [0.25, 0.3) is 0 Å². The summed E-state index contributed by atoms with van der Waals surface area (Å²) in [4.78, 5) is 7.00. The minimum Gasteiger partial charge on any atom is -0.374 e. The summed E-state index contributed by atoms with van der Waals surface area (Å²) in [5.41, 5.74) is 9.60. The molecule has 1 aromatic carbocycles. The highest BCUT2D eigenvalue weighted by Gasteiger charge is 2.39. The van der Waals surface area contributed by atoms with Crippen molar-refractivity contribution in [3.8, 4) is 6.07 Å². The number of nitriles is 1. The SMILES string of the molecule is Cc1c(C#N)cccc1[C@@H](N)Nc1nnc(C)c2cnc(N3C[C@H]4C[C@@H]3CO4)cc12. The predicted molar refractivity (Wildman–Crippen MR) is 114 cm³/mol. The fourth-order valence-corrected chi connectivity index (χ4v) is 4.44. The smallest absolute Gasteiger partial charge is 0.158 e. The summed E-state index contributed by atoms with van der Waals surface area (Å²) in [6.07, 6.45) is 2.69. The molecule has 8 heteroatoms. The van der Waals surface area contributed by atoms with Crippen molar-refractivity contribution in [2.45, 2.75) is 38.6 Å². The summed E-state index contributed by atoms with van der Waals surface area (Å²) < 4.78 is 5.72. The van der Waals surface area contributed by atoms with Crippen molar-refractivity contribution in [3.63, 3.8) is 0 Å². The van der Waals surface area contributed by atoms with E-state index in [1.54, 1.807) is 6.07 Å². The highest BCUT2D eigenvalue weighted by Crippen LogP contribution is 2.34. The summed E-state index contributed by atoms with van der Waals surface area (Å²) >= 11 is 0. The molecule has 4 heterocycles. The Hall–Kier alpha value is -3.28. The van der Waals surface area contributed by atoms with E-state index in [2.05, 4.69) is 32.5 Å². The molecule has 2 aliphatic rings. The van der Waals surface area contributed by atoms with Gasteiger partial charge in [-0.25, -0.2) is 4.98 Å². The molecule has 0 saturated carbocycles. The van der Waals surface area contributed by atoms with Crippen molar-refractivity contribution >= 4 is 22.4 Å². The summed E-state index contributed by atoms with van der Waals surface area (Å²) in [7, 11) is 0. The molecule has 30 heavy (non-hydrogen) atoms. The van der Waals surface area contributed by atoms with E-state index < -0.39 is 6.17 Å². The number of pyridine rings is 1. The fraction of sp³-hybridized carbons (Fsp3) is 0.364. The van der Waals surface area contributed by atoms with Crippen LogP contribution in [0.25, 0.3) is 10.8 Å². The van der Waals surface area contributed by atoms with E-state index in [4.69, 9.17) is 15.5 Å². The molecule has 8 nitrogen and oxygen atoms in total. The summed E-state index contributed by atoms with van der Waals surface area (Å²) in [5, 5.41) is 23.1. The number of rotatable bonds is 4. The minimum absolute atomic E-state index is 0.297. The van der Waals surface area contributed by atoms with Crippen LogP contribution in [-0.2, 0) is 4.74 Å². The van der Waals surface area contributed by atoms with Crippen molar-refractivity contribution in [1.29, 1.82) is 5.26 Å². The summed E-state index contributed by atoms with van der Waals surface area (Å²) in [6.45, 7) is 5.44. The van der Waals surface area contributed by atoms with Crippen LogP contribution in [0.5, 0.6) is 0 Å². The van der Waals surface area contributed by atoms with Gasteiger partial charge in [0.2, 0.25) is 0 Å². The number of hydrogen-bond acceptors (Lipinski definition) is 8. The van der Waals surface area contributed by atoms with E-state index in [9.17, 15) is 5.26 Å². The first-order valence-corrected chi connectivity index (χ1v) is 10.1. The van der Waals surface area contributed by atoms with Crippen LogP contribution in [0.4, 0.5) is 11.6 Å². The first-order valence-electron chi connectivity index (χ1n) is 10.1. The van der Waals surface area contributed by atoms with E-state index in [0.717, 1.165) is 53.0 Å². The molecule has 2 aromatic heterocycles. The highest BCUT2D eigenvalue weighted by atomic mass is 16.5. The Balaban J connectivity index is 1.52. The van der Waals surface area contributed by atoms with Crippen molar-refractivity contribution < 1.29 is 4.74 Å². The number of benzene rings is 1. The van der Waals surface area contributed by atoms with E-state index in [1.807, 2.05) is 32.2 Å². The first-order chi connectivity index (χ1) is 14.5. The third-order valence-electron chi connectivity index (χ3n) is 6.15. The summed E-state index contributed by atoms with van der Waals surface area (Å²) in [6, 6.07) is 10.2. The van der Waals surface area contributed by atoms with Crippen LogP contribution < -0.4 is 16.0 Å². The Kier molecular flexibility index (Phi) is 4.50. The molecule has 3 atom stereocenters. The molecule has 5 rings (SSSR count). The quantitative estimate of drug-likeness (QED) is 0.641. The molecule has 2 aliphatic heterocycles. The average Bonchev–Trinajstić information content (AvgIpc) is 3.39. The van der Waals surface area contributed by atoms with Crippen LogP contribution in [0.2, 0.25) is 0 Å². The number of aromatic nitrogens is 3. The lowest BCUT2D eigenvalue weighted by atomic mass is 10.0. The maximum absolute atomic E-state index is 9.31. The number of fused-ring (bicyclic) bond motifs is 3. The van der Waals surface area contributed by atoms with Gasteiger partial charge >= 0.3 is 0 Å². The fourth-order valence-electron chi connectivity index (χ4n) is 4.44. The average molecular weight is 401 g/mol. The van der Waals surface area contributed by atoms with E-state index in [1.165, 1.54) is 0 Å². The van der Waals surface area contributed by atoms with E-state index in [-0.39, 0.29) is 0 Å². The lowest BCUT2D eigenvalue weighted by molar-refractivity contribution is 0.0989. The van der Waals surface area contributed by atoms with Gasteiger partial charge in [-0.3, -0.25) is 0 Å². The van der Waals surface area contributed by atoms with Crippen LogP contribution in [0.1, 0.15) is 35.0 Å². The molecule has 0 radical (unpaired) electrons. The number of nitrogens with one attached hydrogen (secondary N) is 1. The maximum atomic E-state index is 9.31. The molecule has 0 aliphatic carbocycles. The third kappa shape index (κ3) is 3.03. The largest absolute Gasteiger partial charge is 0.374 e. The Morgan fingerprint density at radius 2 is 2.17 bits per heavy atom. The molecule has 2 saturated heterocycles. The van der Waals surface area contributed by atoms with Crippen LogP contribution in [-0.4, -0.2) is 40.5 Å². The molecule has 0 amide bonds. The number of hydrogen-bond donors (Lipinski definition) is 2. The second-order valence-corrected chi connectivity index (χ2v) is 7.97. The number of anilines is 2. The van der Waals surface area contributed by atoms with Gasteiger partial charge in [0.1, 0.15) is 12.0 Å². The normalized spacial score (nSPS) is 21.1. The monoisotopic (exact) mass is 401 g/mol. The zero-order valence-corrected chi connectivity index (χ0v) is 17.0. The molecule has 2 bridgehead atoms. The number of aryl methyl sites for hydroxylation is 1. The third-order valence-corrected chi connectivity index (χ3v) is 6.15. The molecule has 2 fully saturated rings. The van der Waals surface area contributed by atoms with Crippen molar-refractivity contribution in [3.05, 3.63) is 52.8 Å². The van der Waals surface area contributed by atoms with Crippen LogP contribution in [0, 0.1) is 25.2 Å². The minimum atomic E-state index is -0.522. The van der Waals surface area contributed by atoms with Gasteiger partial charge in [-0.2, -0.15) is 10.4 Å². The predicted octanol–water partition coefficient (Wildman–Crippen LogP) is 2.56.